The van der Waals surface area contributed by atoms with Crippen LogP contribution in [0.1, 0.15) is 25.7 Å². The maximum atomic E-state index is 13.7. The number of carbonyl (C=O) groups excluding carboxylic acids is 1. The molecule has 1 saturated heterocycles. The maximum Gasteiger partial charge on any atom is 0.251 e. The number of nitrogens with one attached hydrogen (secondary N) is 1. The van der Waals surface area contributed by atoms with E-state index in [1.165, 1.54) is 10.4 Å². The fourth-order valence-electron chi connectivity index (χ4n) is 3.15. The Kier molecular flexibility index (Phi) is 6.43. The van der Waals surface area contributed by atoms with Crippen LogP contribution in [0.3, 0.4) is 0 Å². The number of rotatable bonds is 5. The summed E-state index contributed by atoms with van der Waals surface area (Å²) in [5.41, 5.74) is -0.813. The number of hydrogen-bond acceptors (Lipinski definition) is 4. The number of anilines is 1. The molecule has 0 unspecified atom stereocenters. The number of benzene rings is 1. The van der Waals surface area contributed by atoms with Gasteiger partial charge >= 0.3 is 0 Å². The average Bonchev–Trinajstić information content (AvgIpc) is 2.96. The Balaban J connectivity index is 1.79. The molecule has 0 atom stereocenters. The second-order valence-corrected chi connectivity index (χ2v) is 8.76. The van der Waals surface area contributed by atoms with Crippen molar-refractivity contribution in [1.29, 1.82) is 0 Å². The largest absolute Gasteiger partial charge is 0.322 e. The molecule has 1 aliphatic heterocycles. The van der Waals surface area contributed by atoms with Crippen molar-refractivity contribution in [3.05, 3.63) is 58.5 Å². The lowest BCUT2D eigenvalue weighted by molar-refractivity contribution is -0.116. The summed E-state index contributed by atoms with van der Waals surface area (Å²) < 4.78 is 54.7. The van der Waals surface area contributed by atoms with Crippen LogP contribution in [0.4, 0.5) is 14.5 Å². The molecule has 10 heteroatoms. The Hall–Kier alpha value is -2.59. The predicted molar refractivity (Wildman–Crippen MR) is 103 cm³/mol. The van der Waals surface area contributed by atoms with Crippen LogP contribution in [-0.2, 0) is 21.4 Å². The molecule has 3 rings (SSSR count). The lowest BCUT2D eigenvalue weighted by atomic mass is 10.2. The fourth-order valence-corrected chi connectivity index (χ4v) is 4.69. The minimum absolute atomic E-state index is 0.0836. The monoisotopic (exact) mass is 425 g/mol. The molecule has 156 valence electrons. The van der Waals surface area contributed by atoms with Gasteiger partial charge in [0.05, 0.1) is 10.6 Å². The van der Waals surface area contributed by atoms with Crippen molar-refractivity contribution >= 4 is 21.6 Å². The van der Waals surface area contributed by atoms with Gasteiger partial charge in [0.25, 0.3) is 5.56 Å². The molecular formula is C19H21F2N3O4S. The van der Waals surface area contributed by atoms with Gasteiger partial charge in [-0.05, 0) is 31.0 Å². The van der Waals surface area contributed by atoms with Crippen LogP contribution in [-0.4, -0.2) is 36.3 Å². The zero-order chi connectivity index (χ0) is 21.0. The van der Waals surface area contributed by atoms with Gasteiger partial charge in [-0.3, -0.25) is 9.59 Å². The summed E-state index contributed by atoms with van der Waals surface area (Å²) in [6, 6.07) is 4.97. The standard InChI is InChI=1S/C19H21F2N3O4S/c20-14-5-7-17(16(21)11-14)22-18(25)13-23-12-15(6-8-19(23)26)29(27,28)24-9-3-1-2-4-10-24/h5-8,11-12H,1-4,9-10,13H2,(H,22,25). The first-order valence-corrected chi connectivity index (χ1v) is 10.7. The molecule has 7 nitrogen and oxygen atoms in total. The molecule has 1 aliphatic rings. The van der Waals surface area contributed by atoms with E-state index in [0.29, 0.717) is 19.2 Å². The van der Waals surface area contributed by atoms with E-state index < -0.39 is 39.7 Å². The van der Waals surface area contributed by atoms with E-state index >= 15 is 0 Å². The van der Waals surface area contributed by atoms with Crippen molar-refractivity contribution in [3.8, 4) is 0 Å². The van der Waals surface area contributed by atoms with E-state index in [0.717, 1.165) is 54.6 Å². The second kappa shape index (κ2) is 8.83. The molecule has 0 aliphatic carbocycles. The van der Waals surface area contributed by atoms with E-state index in [4.69, 9.17) is 0 Å². The summed E-state index contributed by atoms with van der Waals surface area (Å²) in [6.07, 6.45) is 4.58. The van der Waals surface area contributed by atoms with Gasteiger partial charge in [-0.1, -0.05) is 12.8 Å². The highest BCUT2D eigenvalue weighted by Gasteiger charge is 2.26. The van der Waals surface area contributed by atoms with Gasteiger partial charge in [0, 0.05) is 31.4 Å². The first-order valence-electron chi connectivity index (χ1n) is 9.23. The van der Waals surface area contributed by atoms with Gasteiger partial charge in [-0.2, -0.15) is 4.31 Å². The molecule has 0 spiro atoms. The molecule has 1 aromatic heterocycles. The van der Waals surface area contributed by atoms with E-state index in [1.807, 2.05) is 0 Å². The van der Waals surface area contributed by atoms with Gasteiger partial charge in [-0.25, -0.2) is 17.2 Å². The minimum Gasteiger partial charge on any atom is -0.322 e. The first kappa shape index (κ1) is 21.1. The van der Waals surface area contributed by atoms with Crippen LogP contribution in [0.5, 0.6) is 0 Å². The lowest BCUT2D eigenvalue weighted by Gasteiger charge is -2.20. The number of aromatic nitrogens is 1. The van der Waals surface area contributed by atoms with Gasteiger partial charge in [0.1, 0.15) is 18.2 Å². The Morgan fingerprint density at radius 2 is 1.72 bits per heavy atom. The lowest BCUT2D eigenvalue weighted by Crippen LogP contribution is -2.33. The number of amides is 1. The van der Waals surface area contributed by atoms with E-state index in [-0.39, 0.29) is 10.6 Å². The molecule has 0 bridgehead atoms. The maximum absolute atomic E-state index is 13.7. The molecule has 1 N–H and O–H groups in total. The van der Waals surface area contributed by atoms with E-state index in [9.17, 15) is 26.8 Å². The van der Waals surface area contributed by atoms with Crippen molar-refractivity contribution < 1.29 is 22.0 Å². The van der Waals surface area contributed by atoms with Crippen LogP contribution < -0.4 is 10.9 Å². The SMILES string of the molecule is O=C(Cn1cc(S(=O)(=O)N2CCCCCC2)ccc1=O)Nc1ccc(F)cc1F. The summed E-state index contributed by atoms with van der Waals surface area (Å²) in [6.45, 7) is 0.302. The third-order valence-corrected chi connectivity index (χ3v) is 6.56. The quantitative estimate of drug-likeness (QED) is 0.796. The number of halogens is 2. The zero-order valence-corrected chi connectivity index (χ0v) is 16.4. The molecule has 1 amide bonds. The van der Waals surface area contributed by atoms with Crippen LogP contribution in [0.15, 0.2) is 46.2 Å². The van der Waals surface area contributed by atoms with Crippen molar-refractivity contribution in [2.75, 3.05) is 18.4 Å². The van der Waals surface area contributed by atoms with Crippen LogP contribution in [0, 0.1) is 11.6 Å². The fraction of sp³-hybridized carbons (Fsp3) is 0.368. The van der Waals surface area contributed by atoms with Crippen molar-refractivity contribution in [2.45, 2.75) is 37.1 Å². The molecule has 1 fully saturated rings. The van der Waals surface area contributed by atoms with Crippen molar-refractivity contribution in [3.63, 3.8) is 0 Å². The van der Waals surface area contributed by atoms with Crippen molar-refractivity contribution in [1.82, 2.24) is 8.87 Å². The summed E-state index contributed by atoms with van der Waals surface area (Å²) in [7, 11) is -3.79. The van der Waals surface area contributed by atoms with E-state index in [1.54, 1.807) is 0 Å². The van der Waals surface area contributed by atoms with Gasteiger partial charge in [0.15, 0.2) is 0 Å². The number of carbonyl (C=O) groups is 1. The number of nitrogens with zero attached hydrogens (tertiary/aromatic N) is 2. The third-order valence-electron chi connectivity index (χ3n) is 4.68. The van der Waals surface area contributed by atoms with Gasteiger partial charge in [0.2, 0.25) is 15.9 Å². The molecule has 0 saturated carbocycles. The summed E-state index contributed by atoms with van der Waals surface area (Å²) in [4.78, 5) is 24.2. The Morgan fingerprint density at radius 1 is 1.03 bits per heavy atom. The molecule has 0 radical (unpaired) electrons. The summed E-state index contributed by atoms with van der Waals surface area (Å²) >= 11 is 0. The third kappa shape index (κ3) is 5.07. The Morgan fingerprint density at radius 3 is 2.38 bits per heavy atom. The number of sulfonamides is 1. The number of pyridine rings is 1. The van der Waals surface area contributed by atoms with E-state index in [2.05, 4.69) is 5.32 Å². The predicted octanol–water partition coefficient (Wildman–Crippen LogP) is 2.33. The molecule has 2 heterocycles. The highest BCUT2D eigenvalue weighted by molar-refractivity contribution is 7.89. The molecule has 29 heavy (non-hydrogen) atoms. The first-order chi connectivity index (χ1) is 13.8. The topological polar surface area (TPSA) is 88.5 Å². The molecule has 2 aromatic rings. The summed E-state index contributed by atoms with van der Waals surface area (Å²) in [5.74, 6) is -2.49. The minimum atomic E-state index is -3.79. The second-order valence-electron chi connectivity index (χ2n) is 6.82. The molecule has 1 aromatic carbocycles. The van der Waals surface area contributed by atoms with Gasteiger partial charge in [-0.15, -0.1) is 0 Å². The normalized spacial score (nSPS) is 15.7. The van der Waals surface area contributed by atoms with Crippen LogP contribution in [0.25, 0.3) is 0 Å². The average molecular weight is 425 g/mol. The van der Waals surface area contributed by atoms with Crippen molar-refractivity contribution in [2.24, 2.45) is 0 Å². The Bertz CT molecular complexity index is 1060. The molecular weight excluding hydrogens is 404 g/mol. The number of hydrogen-bond donors (Lipinski definition) is 1. The highest BCUT2D eigenvalue weighted by Crippen LogP contribution is 2.19. The van der Waals surface area contributed by atoms with Crippen LogP contribution in [0.2, 0.25) is 0 Å². The summed E-state index contributed by atoms with van der Waals surface area (Å²) in [5, 5.41) is 2.24. The Labute approximate surface area is 167 Å². The zero-order valence-electron chi connectivity index (χ0n) is 15.6. The van der Waals surface area contributed by atoms with Crippen LogP contribution >= 0.6 is 0 Å². The highest BCUT2D eigenvalue weighted by atomic mass is 32.2. The van der Waals surface area contributed by atoms with Gasteiger partial charge < -0.3 is 9.88 Å². The smallest absolute Gasteiger partial charge is 0.251 e.